The summed E-state index contributed by atoms with van der Waals surface area (Å²) in [6, 6.07) is 12.1. The fourth-order valence-electron chi connectivity index (χ4n) is 2.44. The maximum atomic E-state index is 13.0. The van der Waals surface area contributed by atoms with Crippen molar-refractivity contribution in [1.82, 2.24) is 0 Å². The van der Waals surface area contributed by atoms with E-state index in [4.69, 9.17) is 9.15 Å². The number of ether oxygens (including phenoxy) is 1. The fourth-order valence-corrected chi connectivity index (χ4v) is 2.44. The van der Waals surface area contributed by atoms with Crippen LogP contribution in [0.15, 0.2) is 57.7 Å². The molecule has 0 amide bonds. The number of fused-ring (bicyclic) bond motifs is 1. The monoisotopic (exact) mass is 334 g/mol. The minimum atomic E-state index is -4.63. The number of aryl methyl sites for hydroxylation is 1. The summed E-state index contributed by atoms with van der Waals surface area (Å²) in [5.41, 5.74) is -0.211. The molecule has 0 saturated carbocycles. The smallest absolute Gasteiger partial charge is 0.417 e. The van der Waals surface area contributed by atoms with Gasteiger partial charge in [-0.1, -0.05) is 29.8 Å². The second kappa shape index (κ2) is 6.03. The van der Waals surface area contributed by atoms with Crippen LogP contribution in [0.2, 0.25) is 0 Å². The summed E-state index contributed by atoms with van der Waals surface area (Å²) in [5, 5.41) is -0.176. The van der Waals surface area contributed by atoms with Gasteiger partial charge in [-0.15, -0.1) is 0 Å². The van der Waals surface area contributed by atoms with Crippen LogP contribution < -0.4 is 10.4 Å². The molecule has 0 fully saturated rings. The summed E-state index contributed by atoms with van der Waals surface area (Å²) < 4.78 is 49.4. The van der Waals surface area contributed by atoms with Crippen molar-refractivity contribution in [2.45, 2.75) is 19.7 Å². The highest BCUT2D eigenvalue weighted by atomic mass is 19.4. The summed E-state index contributed by atoms with van der Waals surface area (Å²) in [7, 11) is 0. The zero-order chi connectivity index (χ0) is 17.3. The lowest BCUT2D eigenvalue weighted by atomic mass is 10.1. The zero-order valence-electron chi connectivity index (χ0n) is 12.7. The van der Waals surface area contributed by atoms with Gasteiger partial charge in [0, 0.05) is 17.5 Å². The summed E-state index contributed by atoms with van der Waals surface area (Å²) in [5.74, 6) is 0.325. The van der Waals surface area contributed by atoms with Crippen LogP contribution in [0.5, 0.6) is 5.75 Å². The Morgan fingerprint density at radius 2 is 1.88 bits per heavy atom. The maximum Gasteiger partial charge on any atom is 0.417 e. The second-order valence-electron chi connectivity index (χ2n) is 5.41. The Balaban J connectivity index is 1.93. The van der Waals surface area contributed by atoms with E-state index in [1.165, 1.54) is 18.2 Å². The SMILES string of the molecule is Cc1cccc(COc2ccc3c(C(F)(F)F)cc(=O)oc3c2)c1. The van der Waals surface area contributed by atoms with Gasteiger partial charge in [-0.05, 0) is 24.6 Å². The molecule has 124 valence electrons. The van der Waals surface area contributed by atoms with Gasteiger partial charge in [-0.3, -0.25) is 0 Å². The van der Waals surface area contributed by atoms with E-state index in [0.29, 0.717) is 11.8 Å². The third kappa shape index (κ3) is 3.42. The van der Waals surface area contributed by atoms with E-state index in [-0.39, 0.29) is 17.6 Å². The van der Waals surface area contributed by atoms with Crippen LogP contribution in [0.4, 0.5) is 13.2 Å². The lowest BCUT2D eigenvalue weighted by Crippen LogP contribution is -2.11. The van der Waals surface area contributed by atoms with E-state index in [1.54, 1.807) is 0 Å². The number of hydrogen-bond acceptors (Lipinski definition) is 3. The molecule has 3 aromatic rings. The van der Waals surface area contributed by atoms with Crippen molar-refractivity contribution < 1.29 is 22.3 Å². The van der Waals surface area contributed by atoms with Crippen LogP contribution >= 0.6 is 0 Å². The van der Waals surface area contributed by atoms with Crippen molar-refractivity contribution in [2.75, 3.05) is 0 Å². The first-order valence-corrected chi connectivity index (χ1v) is 7.16. The Labute approximate surface area is 135 Å². The van der Waals surface area contributed by atoms with E-state index < -0.39 is 17.4 Å². The van der Waals surface area contributed by atoms with E-state index >= 15 is 0 Å². The van der Waals surface area contributed by atoms with E-state index in [1.807, 2.05) is 31.2 Å². The molecule has 3 nitrogen and oxygen atoms in total. The average molecular weight is 334 g/mol. The first-order valence-electron chi connectivity index (χ1n) is 7.16. The molecule has 0 aliphatic heterocycles. The van der Waals surface area contributed by atoms with Gasteiger partial charge in [0.05, 0.1) is 5.56 Å². The highest BCUT2D eigenvalue weighted by Crippen LogP contribution is 2.34. The Bertz CT molecular complexity index is 942. The molecule has 0 atom stereocenters. The maximum absolute atomic E-state index is 13.0. The standard InChI is InChI=1S/C18H13F3O3/c1-11-3-2-4-12(7-11)10-23-13-5-6-14-15(18(19,20)21)9-17(22)24-16(14)8-13/h2-9H,10H2,1H3. The summed E-state index contributed by atoms with van der Waals surface area (Å²) in [4.78, 5) is 11.4. The van der Waals surface area contributed by atoms with Gasteiger partial charge in [-0.2, -0.15) is 13.2 Å². The third-order valence-electron chi connectivity index (χ3n) is 3.51. The van der Waals surface area contributed by atoms with Crippen molar-refractivity contribution >= 4 is 11.0 Å². The number of hydrogen-bond donors (Lipinski definition) is 0. The molecule has 0 bridgehead atoms. The Morgan fingerprint density at radius 1 is 1.08 bits per heavy atom. The van der Waals surface area contributed by atoms with Gasteiger partial charge in [0.15, 0.2) is 0 Å². The normalized spacial score (nSPS) is 11.7. The summed E-state index contributed by atoms with van der Waals surface area (Å²) >= 11 is 0. The minimum absolute atomic E-state index is 0.156. The first-order chi connectivity index (χ1) is 11.3. The molecule has 0 spiro atoms. The molecular weight excluding hydrogens is 321 g/mol. The topological polar surface area (TPSA) is 39.4 Å². The highest BCUT2D eigenvalue weighted by Gasteiger charge is 2.33. The van der Waals surface area contributed by atoms with Gasteiger partial charge in [0.1, 0.15) is 17.9 Å². The fraction of sp³-hybridized carbons (Fsp3) is 0.167. The Hall–Kier alpha value is -2.76. The quantitative estimate of drug-likeness (QED) is 0.652. The zero-order valence-corrected chi connectivity index (χ0v) is 12.7. The molecule has 6 heteroatoms. The van der Waals surface area contributed by atoms with Crippen LogP contribution in [0.1, 0.15) is 16.7 Å². The number of rotatable bonds is 3. The predicted molar refractivity (Wildman–Crippen MR) is 83.0 cm³/mol. The van der Waals surface area contributed by atoms with Gasteiger partial charge < -0.3 is 9.15 Å². The van der Waals surface area contributed by atoms with Crippen LogP contribution in [-0.4, -0.2) is 0 Å². The number of halogens is 3. The largest absolute Gasteiger partial charge is 0.489 e. The molecule has 3 rings (SSSR count). The Kier molecular flexibility index (Phi) is 4.05. The summed E-state index contributed by atoms with van der Waals surface area (Å²) in [6.07, 6.45) is -4.63. The van der Waals surface area contributed by atoms with E-state index in [0.717, 1.165) is 11.1 Å². The summed E-state index contributed by atoms with van der Waals surface area (Å²) in [6.45, 7) is 2.21. The van der Waals surface area contributed by atoms with Crippen LogP contribution in [0.25, 0.3) is 11.0 Å². The van der Waals surface area contributed by atoms with Crippen molar-refractivity contribution in [2.24, 2.45) is 0 Å². The molecule has 24 heavy (non-hydrogen) atoms. The van der Waals surface area contributed by atoms with E-state index in [2.05, 4.69) is 0 Å². The molecule has 1 aromatic heterocycles. The third-order valence-corrected chi connectivity index (χ3v) is 3.51. The van der Waals surface area contributed by atoms with Gasteiger partial charge in [0.2, 0.25) is 0 Å². The molecule has 0 radical (unpaired) electrons. The lowest BCUT2D eigenvalue weighted by molar-refractivity contribution is -0.136. The van der Waals surface area contributed by atoms with E-state index in [9.17, 15) is 18.0 Å². The first kappa shape index (κ1) is 16.1. The minimum Gasteiger partial charge on any atom is -0.489 e. The van der Waals surface area contributed by atoms with Crippen molar-refractivity contribution in [3.8, 4) is 5.75 Å². The molecule has 1 heterocycles. The average Bonchev–Trinajstić information content (AvgIpc) is 2.51. The number of alkyl halides is 3. The molecule has 0 aliphatic rings. The van der Waals surface area contributed by atoms with Crippen molar-refractivity contribution in [1.29, 1.82) is 0 Å². The van der Waals surface area contributed by atoms with Crippen molar-refractivity contribution in [3.63, 3.8) is 0 Å². The second-order valence-corrected chi connectivity index (χ2v) is 5.41. The van der Waals surface area contributed by atoms with Gasteiger partial charge >= 0.3 is 11.8 Å². The molecule has 0 N–H and O–H groups in total. The van der Waals surface area contributed by atoms with Crippen LogP contribution in [0, 0.1) is 6.92 Å². The highest BCUT2D eigenvalue weighted by molar-refractivity contribution is 5.82. The number of benzene rings is 2. The molecular formula is C18H13F3O3. The Morgan fingerprint density at radius 3 is 2.58 bits per heavy atom. The molecule has 0 unspecified atom stereocenters. The molecule has 2 aromatic carbocycles. The van der Waals surface area contributed by atoms with Gasteiger partial charge in [0.25, 0.3) is 0 Å². The molecule has 0 saturated heterocycles. The predicted octanol–water partition coefficient (Wildman–Crippen LogP) is 4.70. The van der Waals surface area contributed by atoms with Gasteiger partial charge in [-0.25, -0.2) is 4.79 Å². The van der Waals surface area contributed by atoms with Crippen LogP contribution in [-0.2, 0) is 12.8 Å². The molecule has 0 aliphatic carbocycles. The van der Waals surface area contributed by atoms with Crippen LogP contribution in [0.3, 0.4) is 0 Å². The van der Waals surface area contributed by atoms with Crippen molar-refractivity contribution in [3.05, 3.63) is 75.6 Å². The lowest BCUT2D eigenvalue weighted by Gasteiger charge is -2.11.